The SMILES string of the molecule is CSCCc1nc(C2CC2)sc1N. The first-order valence-corrected chi connectivity index (χ1v) is 6.76. The Morgan fingerprint density at radius 2 is 2.38 bits per heavy atom. The van der Waals surface area contributed by atoms with Gasteiger partial charge in [-0.2, -0.15) is 11.8 Å². The molecule has 0 aromatic carbocycles. The molecule has 1 aliphatic carbocycles. The number of anilines is 1. The van der Waals surface area contributed by atoms with E-state index in [9.17, 15) is 0 Å². The van der Waals surface area contributed by atoms with Crippen LogP contribution in [-0.4, -0.2) is 17.0 Å². The van der Waals surface area contributed by atoms with Crippen molar-refractivity contribution in [1.82, 2.24) is 4.98 Å². The second kappa shape index (κ2) is 3.88. The molecule has 0 spiro atoms. The number of thiazole rings is 1. The van der Waals surface area contributed by atoms with Crippen molar-refractivity contribution in [3.8, 4) is 0 Å². The summed E-state index contributed by atoms with van der Waals surface area (Å²) < 4.78 is 0. The smallest absolute Gasteiger partial charge is 0.109 e. The van der Waals surface area contributed by atoms with Crippen LogP contribution in [0, 0.1) is 0 Å². The number of hydrogen-bond acceptors (Lipinski definition) is 4. The van der Waals surface area contributed by atoms with Crippen LogP contribution < -0.4 is 5.73 Å². The zero-order chi connectivity index (χ0) is 9.26. The van der Waals surface area contributed by atoms with E-state index in [0.717, 1.165) is 28.8 Å². The predicted octanol–water partition coefficient (Wildman–Crippen LogP) is 2.51. The third kappa shape index (κ3) is 2.17. The van der Waals surface area contributed by atoms with Crippen molar-refractivity contribution in [3.05, 3.63) is 10.7 Å². The Balaban J connectivity index is 2.06. The molecule has 1 saturated carbocycles. The van der Waals surface area contributed by atoms with Crippen molar-refractivity contribution in [2.45, 2.75) is 25.2 Å². The minimum atomic E-state index is 0.746. The summed E-state index contributed by atoms with van der Waals surface area (Å²) in [5.74, 6) is 1.87. The van der Waals surface area contributed by atoms with Crippen LogP contribution >= 0.6 is 23.1 Å². The molecule has 1 aliphatic rings. The van der Waals surface area contributed by atoms with E-state index in [2.05, 4.69) is 11.2 Å². The van der Waals surface area contributed by atoms with Crippen LogP contribution in [0.5, 0.6) is 0 Å². The van der Waals surface area contributed by atoms with Crippen molar-refractivity contribution >= 4 is 28.1 Å². The fourth-order valence-corrected chi connectivity index (χ4v) is 2.71. The molecule has 4 heteroatoms. The number of nitrogens with two attached hydrogens (primary N) is 1. The highest BCUT2D eigenvalue weighted by molar-refractivity contribution is 7.98. The first-order valence-electron chi connectivity index (χ1n) is 4.55. The monoisotopic (exact) mass is 214 g/mol. The maximum Gasteiger partial charge on any atom is 0.109 e. The van der Waals surface area contributed by atoms with E-state index >= 15 is 0 Å². The Labute approximate surface area is 86.9 Å². The Bertz CT molecular complexity index is 292. The number of thioether (sulfide) groups is 1. The molecule has 0 aliphatic heterocycles. The molecule has 2 N–H and O–H groups in total. The summed E-state index contributed by atoms with van der Waals surface area (Å²) in [6.45, 7) is 0. The Morgan fingerprint density at radius 1 is 1.62 bits per heavy atom. The topological polar surface area (TPSA) is 38.9 Å². The van der Waals surface area contributed by atoms with Gasteiger partial charge >= 0.3 is 0 Å². The Morgan fingerprint density at radius 3 is 3.00 bits per heavy atom. The number of nitrogens with zero attached hydrogens (tertiary/aromatic N) is 1. The zero-order valence-corrected chi connectivity index (χ0v) is 9.38. The van der Waals surface area contributed by atoms with E-state index in [0.29, 0.717) is 0 Å². The van der Waals surface area contributed by atoms with Crippen LogP contribution in [0.1, 0.15) is 29.5 Å². The molecule has 0 unspecified atom stereocenters. The fourth-order valence-electron chi connectivity index (χ4n) is 1.27. The van der Waals surface area contributed by atoms with Gasteiger partial charge < -0.3 is 5.73 Å². The largest absolute Gasteiger partial charge is 0.389 e. The highest BCUT2D eigenvalue weighted by atomic mass is 32.2. The van der Waals surface area contributed by atoms with Gasteiger partial charge in [0.1, 0.15) is 5.00 Å². The molecule has 2 rings (SSSR count). The maximum absolute atomic E-state index is 5.89. The molecule has 0 radical (unpaired) electrons. The Kier molecular flexibility index (Phi) is 2.79. The number of hydrogen-bond donors (Lipinski definition) is 1. The van der Waals surface area contributed by atoms with Gasteiger partial charge in [0.15, 0.2) is 0 Å². The summed E-state index contributed by atoms with van der Waals surface area (Å²) in [4.78, 5) is 4.59. The van der Waals surface area contributed by atoms with Crippen LogP contribution in [0.25, 0.3) is 0 Å². The lowest BCUT2D eigenvalue weighted by Gasteiger charge is -1.94. The quantitative estimate of drug-likeness (QED) is 0.837. The van der Waals surface area contributed by atoms with Gasteiger partial charge in [-0.05, 0) is 24.9 Å². The third-order valence-electron chi connectivity index (χ3n) is 2.21. The second-order valence-corrected chi connectivity index (χ2v) is 5.43. The van der Waals surface area contributed by atoms with Gasteiger partial charge in [-0.1, -0.05) is 0 Å². The normalized spacial score (nSPS) is 16.4. The molecule has 72 valence electrons. The van der Waals surface area contributed by atoms with Crippen LogP contribution in [0.15, 0.2) is 0 Å². The van der Waals surface area contributed by atoms with E-state index in [1.807, 2.05) is 11.8 Å². The summed E-state index contributed by atoms with van der Waals surface area (Å²) in [6, 6.07) is 0. The van der Waals surface area contributed by atoms with Gasteiger partial charge in [0.05, 0.1) is 10.7 Å². The summed E-state index contributed by atoms with van der Waals surface area (Å²) in [5.41, 5.74) is 7.02. The van der Waals surface area contributed by atoms with Gasteiger partial charge in [0, 0.05) is 12.3 Å². The first-order chi connectivity index (χ1) is 6.31. The Hall–Kier alpha value is -0.220. The van der Waals surface area contributed by atoms with Crippen molar-refractivity contribution in [1.29, 1.82) is 0 Å². The average molecular weight is 214 g/mol. The molecular weight excluding hydrogens is 200 g/mol. The number of aryl methyl sites for hydroxylation is 1. The summed E-state index contributed by atoms with van der Waals surface area (Å²) in [5, 5.41) is 2.21. The van der Waals surface area contributed by atoms with Crippen molar-refractivity contribution < 1.29 is 0 Å². The van der Waals surface area contributed by atoms with Gasteiger partial charge in [-0.3, -0.25) is 0 Å². The first kappa shape index (κ1) is 9.34. The summed E-state index contributed by atoms with van der Waals surface area (Å²) in [7, 11) is 0. The van der Waals surface area contributed by atoms with Crippen LogP contribution in [0.4, 0.5) is 5.00 Å². The molecule has 0 atom stereocenters. The highest BCUT2D eigenvalue weighted by Gasteiger charge is 2.27. The van der Waals surface area contributed by atoms with Gasteiger partial charge in [-0.25, -0.2) is 4.98 Å². The van der Waals surface area contributed by atoms with E-state index < -0.39 is 0 Å². The molecule has 0 saturated heterocycles. The molecule has 1 aromatic rings. The highest BCUT2D eigenvalue weighted by Crippen LogP contribution is 2.43. The molecule has 1 fully saturated rings. The zero-order valence-electron chi connectivity index (χ0n) is 7.75. The van der Waals surface area contributed by atoms with Crippen molar-refractivity contribution in [2.75, 3.05) is 17.7 Å². The van der Waals surface area contributed by atoms with Crippen molar-refractivity contribution in [2.24, 2.45) is 0 Å². The van der Waals surface area contributed by atoms with Gasteiger partial charge in [-0.15, -0.1) is 11.3 Å². The molecule has 0 amide bonds. The molecule has 0 bridgehead atoms. The van der Waals surface area contributed by atoms with Crippen molar-refractivity contribution in [3.63, 3.8) is 0 Å². The molecule has 2 nitrogen and oxygen atoms in total. The molecule has 1 aromatic heterocycles. The molecule has 1 heterocycles. The van der Waals surface area contributed by atoms with E-state index in [1.165, 1.54) is 17.8 Å². The van der Waals surface area contributed by atoms with E-state index in [1.54, 1.807) is 11.3 Å². The van der Waals surface area contributed by atoms with E-state index in [-0.39, 0.29) is 0 Å². The summed E-state index contributed by atoms with van der Waals surface area (Å²) >= 11 is 3.54. The lowest BCUT2D eigenvalue weighted by molar-refractivity contribution is 1.01. The van der Waals surface area contributed by atoms with Crippen LogP contribution in [0.3, 0.4) is 0 Å². The minimum Gasteiger partial charge on any atom is -0.389 e. The predicted molar refractivity (Wildman–Crippen MR) is 60.6 cm³/mol. The van der Waals surface area contributed by atoms with Crippen LogP contribution in [-0.2, 0) is 6.42 Å². The lowest BCUT2D eigenvalue weighted by atomic mass is 10.3. The van der Waals surface area contributed by atoms with Gasteiger partial charge in [0.25, 0.3) is 0 Å². The summed E-state index contributed by atoms with van der Waals surface area (Å²) in [6.07, 6.45) is 5.77. The average Bonchev–Trinajstić information content (AvgIpc) is 2.89. The van der Waals surface area contributed by atoms with E-state index in [4.69, 9.17) is 5.73 Å². The van der Waals surface area contributed by atoms with Gasteiger partial charge in [0.2, 0.25) is 0 Å². The third-order valence-corrected chi connectivity index (χ3v) is 3.92. The minimum absolute atomic E-state index is 0.746. The number of aromatic nitrogens is 1. The number of nitrogen functional groups attached to an aromatic ring is 1. The molecular formula is C9H14N2S2. The fraction of sp³-hybridized carbons (Fsp3) is 0.667. The maximum atomic E-state index is 5.89. The lowest BCUT2D eigenvalue weighted by Crippen LogP contribution is -1.93. The second-order valence-electron chi connectivity index (χ2n) is 3.38. The standard InChI is InChI=1S/C9H14N2S2/c1-12-5-4-7-8(10)13-9(11-7)6-2-3-6/h6H,2-5,10H2,1H3. The molecule has 13 heavy (non-hydrogen) atoms. The van der Waals surface area contributed by atoms with Crippen LogP contribution in [0.2, 0.25) is 0 Å². The number of rotatable bonds is 4.